The third-order valence-electron chi connectivity index (χ3n) is 5.60. The number of benzene rings is 2. The van der Waals surface area contributed by atoms with Crippen molar-refractivity contribution >= 4 is 33.3 Å². The predicted octanol–water partition coefficient (Wildman–Crippen LogP) is 5.77. The molecule has 0 bridgehead atoms. The van der Waals surface area contributed by atoms with Gasteiger partial charge in [0.05, 0.1) is 28.5 Å². The summed E-state index contributed by atoms with van der Waals surface area (Å²) in [6.07, 6.45) is -2.52. The molecule has 0 atom stereocenters. The zero-order valence-corrected chi connectivity index (χ0v) is 18.2. The molecular formula is C24H19F5N4O. The highest BCUT2D eigenvalue weighted by molar-refractivity contribution is 6.09. The molecule has 5 nitrogen and oxygen atoms in total. The maximum Gasteiger partial charge on any atom is 0.416 e. The molecule has 1 amide bonds. The minimum Gasteiger partial charge on any atom is -0.348 e. The summed E-state index contributed by atoms with van der Waals surface area (Å²) >= 11 is 0. The van der Waals surface area contributed by atoms with Crippen LogP contribution in [-0.2, 0) is 19.8 Å². The number of pyridine rings is 1. The van der Waals surface area contributed by atoms with Gasteiger partial charge >= 0.3 is 6.18 Å². The molecule has 34 heavy (non-hydrogen) atoms. The van der Waals surface area contributed by atoms with Gasteiger partial charge in [-0.1, -0.05) is 13.5 Å². The van der Waals surface area contributed by atoms with Gasteiger partial charge in [-0.25, -0.2) is 13.8 Å². The first-order valence-electron chi connectivity index (χ1n) is 10.3. The van der Waals surface area contributed by atoms with Crippen LogP contribution in [0.5, 0.6) is 0 Å². The molecule has 0 fully saturated rings. The number of aryl methyl sites for hydroxylation is 1. The quantitative estimate of drug-likeness (QED) is 0.374. The highest BCUT2D eigenvalue weighted by atomic mass is 19.4. The van der Waals surface area contributed by atoms with Crippen LogP contribution in [0.3, 0.4) is 0 Å². The number of aromatic nitrogens is 3. The van der Waals surface area contributed by atoms with E-state index in [0.29, 0.717) is 23.0 Å². The van der Waals surface area contributed by atoms with Gasteiger partial charge in [-0.15, -0.1) is 0 Å². The van der Waals surface area contributed by atoms with Gasteiger partial charge in [0.15, 0.2) is 0 Å². The van der Waals surface area contributed by atoms with Gasteiger partial charge in [0, 0.05) is 35.5 Å². The van der Waals surface area contributed by atoms with Crippen LogP contribution in [0.15, 0.2) is 43.1 Å². The van der Waals surface area contributed by atoms with Gasteiger partial charge < -0.3 is 5.32 Å². The largest absolute Gasteiger partial charge is 0.416 e. The third kappa shape index (κ3) is 4.11. The Labute approximate surface area is 190 Å². The molecule has 0 saturated heterocycles. The van der Waals surface area contributed by atoms with Crippen molar-refractivity contribution in [2.24, 2.45) is 7.05 Å². The summed E-state index contributed by atoms with van der Waals surface area (Å²) in [6.45, 7) is 5.39. The lowest BCUT2D eigenvalue weighted by molar-refractivity contribution is -0.138. The Balaban J connectivity index is 1.66. The molecule has 0 aliphatic heterocycles. The number of halogens is 5. The normalized spacial score (nSPS) is 11.9. The minimum absolute atomic E-state index is 0.187. The van der Waals surface area contributed by atoms with E-state index >= 15 is 0 Å². The standard InChI is InChI=1S/C24H19F5N4O/c1-4-12(2)21-17-11-31-33(3)22(17)15-7-13(5-6-20(15)32-21)23(34)30-10-16-18(25)8-14(9-19(16)26)24(27,28)29/h5-9,11H,2,4,10H2,1,3H3,(H,30,34). The molecule has 2 aromatic heterocycles. The Kier molecular flexibility index (Phi) is 5.84. The predicted molar refractivity (Wildman–Crippen MR) is 118 cm³/mol. The van der Waals surface area contributed by atoms with Gasteiger partial charge in [-0.05, 0) is 42.3 Å². The van der Waals surface area contributed by atoms with E-state index in [1.165, 1.54) is 6.07 Å². The number of fused-ring (bicyclic) bond motifs is 3. The van der Waals surface area contributed by atoms with Crippen LogP contribution in [0.1, 0.15) is 40.5 Å². The van der Waals surface area contributed by atoms with Crippen molar-refractivity contribution < 1.29 is 26.7 Å². The molecule has 0 unspecified atom stereocenters. The smallest absolute Gasteiger partial charge is 0.348 e. The Bertz CT molecular complexity index is 1430. The van der Waals surface area contributed by atoms with Crippen molar-refractivity contribution in [1.29, 1.82) is 0 Å². The third-order valence-corrected chi connectivity index (χ3v) is 5.60. The number of nitrogens with zero attached hydrogens (tertiary/aromatic N) is 3. The van der Waals surface area contributed by atoms with Gasteiger partial charge in [-0.3, -0.25) is 9.48 Å². The number of carbonyl (C=O) groups excluding carboxylic acids is 1. The number of alkyl halides is 3. The average Bonchev–Trinajstić information content (AvgIpc) is 3.18. The summed E-state index contributed by atoms with van der Waals surface area (Å²) in [6, 6.07) is 5.13. The monoisotopic (exact) mass is 474 g/mol. The van der Waals surface area contributed by atoms with E-state index < -0.39 is 41.4 Å². The van der Waals surface area contributed by atoms with Crippen molar-refractivity contribution in [3.05, 3.63) is 77.1 Å². The summed E-state index contributed by atoms with van der Waals surface area (Å²) in [4.78, 5) is 17.4. The van der Waals surface area contributed by atoms with Crippen LogP contribution < -0.4 is 5.32 Å². The van der Waals surface area contributed by atoms with Gasteiger partial charge in [0.1, 0.15) is 11.6 Å². The topological polar surface area (TPSA) is 59.8 Å². The van der Waals surface area contributed by atoms with Crippen molar-refractivity contribution in [2.45, 2.75) is 26.1 Å². The lowest BCUT2D eigenvalue weighted by atomic mass is 10.0. The van der Waals surface area contributed by atoms with Gasteiger partial charge in [0.25, 0.3) is 5.91 Å². The van der Waals surface area contributed by atoms with Gasteiger partial charge in [0.2, 0.25) is 0 Å². The van der Waals surface area contributed by atoms with E-state index in [-0.39, 0.29) is 17.7 Å². The van der Waals surface area contributed by atoms with Crippen molar-refractivity contribution in [1.82, 2.24) is 20.1 Å². The number of carbonyl (C=O) groups is 1. The number of nitrogens with one attached hydrogen (secondary N) is 1. The van der Waals surface area contributed by atoms with Crippen LogP contribution in [0, 0.1) is 11.6 Å². The maximum absolute atomic E-state index is 14.1. The molecule has 0 saturated carbocycles. The highest BCUT2D eigenvalue weighted by Gasteiger charge is 2.32. The summed E-state index contributed by atoms with van der Waals surface area (Å²) in [5.41, 5.74) is 0.976. The van der Waals surface area contributed by atoms with E-state index in [2.05, 4.69) is 22.0 Å². The Morgan fingerprint density at radius 2 is 1.79 bits per heavy atom. The van der Waals surface area contributed by atoms with Crippen LogP contribution in [0.4, 0.5) is 22.0 Å². The van der Waals surface area contributed by atoms with Crippen LogP contribution in [0.25, 0.3) is 27.4 Å². The fourth-order valence-electron chi connectivity index (χ4n) is 3.72. The molecule has 1 N–H and O–H groups in total. The first-order chi connectivity index (χ1) is 16.0. The lowest BCUT2D eigenvalue weighted by Gasteiger charge is -2.12. The Hall–Kier alpha value is -3.82. The number of rotatable bonds is 5. The van der Waals surface area contributed by atoms with E-state index in [9.17, 15) is 26.7 Å². The molecule has 176 valence electrons. The fourth-order valence-corrected chi connectivity index (χ4v) is 3.72. The fraction of sp³-hybridized carbons (Fsp3) is 0.208. The molecule has 2 heterocycles. The van der Waals surface area contributed by atoms with Crippen molar-refractivity contribution in [3.63, 3.8) is 0 Å². The first kappa shape index (κ1) is 23.3. The van der Waals surface area contributed by atoms with Crippen molar-refractivity contribution in [2.75, 3.05) is 0 Å². The second-order valence-electron chi connectivity index (χ2n) is 7.78. The summed E-state index contributed by atoms with van der Waals surface area (Å²) < 4.78 is 68.0. The zero-order valence-electron chi connectivity index (χ0n) is 18.2. The number of hydrogen-bond donors (Lipinski definition) is 1. The maximum atomic E-state index is 14.1. The zero-order chi connectivity index (χ0) is 24.8. The van der Waals surface area contributed by atoms with Crippen LogP contribution in [0.2, 0.25) is 0 Å². The molecule has 4 rings (SSSR count). The number of allylic oxidation sites excluding steroid dienone is 1. The number of amides is 1. The second-order valence-corrected chi connectivity index (χ2v) is 7.78. The molecule has 4 aromatic rings. The highest BCUT2D eigenvalue weighted by Crippen LogP contribution is 2.32. The number of hydrogen-bond acceptors (Lipinski definition) is 3. The summed E-state index contributed by atoms with van der Waals surface area (Å²) in [5, 5.41) is 8.06. The Morgan fingerprint density at radius 1 is 1.12 bits per heavy atom. The van der Waals surface area contributed by atoms with Gasteiger partial charge in [-0.2, -0.15) is 18.3 Å². The van der Waals surface area contributed by atoms with Crippen LogP contribution in [-0.4, -0.2) is 20.7 Å². The molecule has 0 aliphatic rings. The van der Waals surface area contributed by atoms with Crippen LogP contribution >= 0.6 is 0 Å². The molecule has 0 aliphatic carbocycles. The molecule has 0 spiro atoms. The molecule has 2 aromatic carbocycles. The molecule has 0 radical (unpaired) electrons. The SMILES string of the molecule is C=C(CC)c1nc2ccc(C(=O)NCc3c(F)cc(C(F)(F)F)cc3F)cc2c2c1cnn2C. The average molecular weight is 474 g/mol. The minimum atomic E-state index is -4.89. The Morgan fingerprint density at radius 3 is 2.41 bits per heavy atom. The van der Waals surface area contributed by atoms with Crippen molar-refractivity contribution in [3.8, 4) is 0 Å². The molecular weight excluding hydrogens is 455 g/mol. The summed E-state index contributed by atoms with van der Waals surface area (Å²) in [7, 11) is 1.75. The second kappa shape index (κ2) is 8.51. The summed E-state index contributed by atoms with van der Waals surface area (Å²) in [5.74, 6) is -3.44. The lowest BCUT2D eigenvalue weighted by Crippen LogP contribution is -2.24. The molecule has 10 heteroatoms. The first-order valence-corrected chi connectivity index (χ1v) is 10.3. The van der Waals surface area contributed by atoms with E-state index in [1.54, 1.807) is 30.1 Å². The van der Waals surface area contributed by atoms with E-state index in [1.807, 2.05) is 6.92 Å². The van der Waals surface area contributed by atoms with E-state index in [4.69, 9.17) is 0 Å². The van der Waals surface area contributed by atoms with E-state index in [0.717, 1.165) is 16.5 Å².